The van der Waals surface area contributed by atoms with Crippen LogP contribution in [0.5, 0.6) is 0 Å². The summed E-state index contributed by atoms with van der Waals surface area (Å²) in [5, 5.41) is 3.52. The molecular formula is C16H25BrFN. The highest BCUT2D eigenvalue weighted by Gasteiger charge is 2.17. The second kappa shape index (κ2) is 7.39. The van der Waals surface area contributed by atoms with E-state index in [1.54, 1.807) is 12.1 Å². The zero-order valence-electron chi connectivity index (χ0n) is 12.4. The molecule has 0 heterocycles. The molecule has 0 aliphatic heterocycles. The van der Waals surface area contributed by atoms with Crippen LogP contribution in [0.4, 0.5) is 4.39 Å². The summed E-state index contributed by atoms with van der Waals surface area (Å²) >= 11 is 3.21. The van der Waals surface area contributed by atoms with Gasteiger partial charge in [-0.25, -0.2) is 4.39 Å². The van der Waals surface area contributed by atoms with Gasteiger partial charge in [0.25, 0.3) is 0 Å². The van der Waals surface area contributed by atoms with Crippen LogP contribution in [0, 0.1) is 11.2 Å². The summed E-state index contributed by atoms with van der Waals surface area (Å²) in [4.78, 5) is 0. The second-order valence-corrected chi connectivity index (χ2v) is 7.13. The molecule has 0 bridgehead atoms. The summed E-state index contributed by atoms with van der Waals surface area (Å²) in [5.74, 6) is -0.184. The average Bonchev–Trinajstić information content (AvgIpc) is 2.32. The highest BCUT2D eigenvalue weighted by Crippen LogP contribution is 2.29. The molecule has 1 nitrogen and oxygen atoms in total. The maximum absolute atomic E-state index is 13.7. The van der Waals surface area contributed by atoms with E-state index < -0.39 is 0 Å². The summed E-state index contributed by atoms with van der Waals surface area (Å²) in [6, 6.07) is 5.67. The fourth-order valence-corrected chi connectivity index (χ4v) is 2.26. The summed E-state index contributed by atoms with van der Waals surface area (Å²) < 4.78 is 14.2. The standard InChI is InChI=1S/C16H25BrFN/c1-5-10-19-15(8-9-16(2,3)4)12-6-7-13(17)14(18)11-12/h6-7,11,15,19H,5,8-10H2,1-4H3. The van der Waals surface area contributed by atoms with Crippen molar-refractivity contribution in [3.63, 3.8) is 0 Å². The van der Waals surface area contributed by atoms with Gasteiger partial charge in [-0.15, -0.1) is 0 Å². The fourth-order valence-electron chi connectivity index (χ4n) is 2.01. The molecule has 0 spiro atoms. The van der Waals surface area contributed by atoms with E-state index in [-0.39, 0.29) is 11.9 Å². The molecule has 0 aliphatic rings. The van der Waals surface area contributed by atoms with Crippen LogP contribution >= 0.6 is 15.9 Å². The Bertz CT molecular complexity index is 398. The Hall–Kier alpha value is -0.410. The smallest absolute Gasteiger partial charge is 0.137 e. The fraction of sp³-hybridized carbons (Fsp3) is 0.625. The predicted octanol–water partition coefficient (Wildman–Crippen LogP) is 5.46. The van der Waals surface area contributed by atoms with Gasteiger partial charge < -0.3 is 5.32 Å². The van der Waals surface area contributed by atoms with Crippen molar-refractivity contribution in [1.29, 1.82) is 0 Å². The topological polar surface area (TPSA) is 12.0 Å². The highest BCUT2D eigenvalue weighted by atomic mass is 79.9. The summed E-state index contributed by atoms with van der Waals surface area (Å²) in [7, 11) is 0. The van der Waals surface area contributed by atoms with Gasteiger partial charge in [-0.05, 0) is 64.8 Å². The van der Waals surface area contributed by atoms with Crippen LogP contribution < -0.4 is 5.32 Å². The van der Waals surface area contributed by atoms with Gasteiger partial charge in [-0.2, -0.15) is 0 Å². The zero-order valence-corrected chi connectivity index (χ0v) is 14.0. The third-order valence-electron chi connectivity index (χ3n) is 3.17. The monoisotopic (exact) mass is 329 g/mol. The van der Waals surface area contributed by atoms with E-state index in [0.717, 1.165) is 31.4 Å². The molecule has 1 rings (SSSR count). The lowest BCUT2D eigenvalue weighted by atomic mass is 9.87. The van der Waals surface area contributed by atoms with E-state index in [1.165, 1.54) is 0 Å². The molecule has 0 saturated carbocycles. The lowest BCUT2D eigenvalue weighted by Crippen LogP contribution is -2.23. The minimum atomic E-state index is -0.184. The molecule has 0 aliphatic carbocycles. The van der Waals surface area contributed by atoms with Crippen LogP contribution in [0.25, 0.3) is 0 Å². The van der Waals surface area contributed by atoms with Gasteiger partial charge in [0.1, 0.15) is 5.82 Å². The van der Waals surface area contributed by atoms with Gasteiger partial charge in [0.15, 0.2) is 0 Å². The number of hydrogen-bond acceptors (Lipinski definition) is 1. The van der Waals surface area contributed by atoms with Gasteiger partial charge in [-0.3, -0.25) is 0 Å². The molecule has 0 saturated heterocycles. The summed E-state index contributed by atoms with van der Waals surface area (Å²) in [6.45, 7) is 9.84. The minimum absolute atomic E-state index is 0.184. The molecule has 1 aromatic rings. The number of benzene rings is 1. The van der Waals surface area contributed by atoms with E-state index in [2.05, 4.69) is 48.9 Å². The van der Waals surface area contributed by atoms with Crippen molar-refractivity contribution in [2.75, 3.05) is 6.54 Å². The van der Waals surface area contributed by atoms with Gasteiger partial charge >= 0.3 is 0 Å². The van der Waals surface area contributed by atoms with Gasteiger partial charge in [-0.1, -0.05) is 33.8 Å². The Morgan fingerprint density at radius 1 is 1.32 bits per heavy atom. The van der Waals surface area contributed by atoms with Crippen molar-refractivity contribution in [2.24, 2.45) is 5.41 Å². The predicted molar refractivity (Wildman–Crippen MR) is 83.8 cm³/mol. The molecule has 1 N–H and O–H groups in total. The maximum atomic E-state index is 13.7. The van der Waals surface area contributed by atoms with Gasteiger partial charge in [0.2, 0.25) is 0 Å². The normalized spacial score (nSPS) is 13.6. The number of hydrogen-bond donors (Lipinski definition) is 1. The Labute approximate surface area is 125 Å². The molecule has 0 fully saturated rings. The van der Waals surface area contributed by atoms with E-state index in [9.17, 15) is 4.39 Å². The van der Waals surface area contributed by atoms with Crippen LogP contribution in [0.3, 0.4) is 0 Å². The van der Waals surface area contributed by atoms with Crippen LogP contribution in [0.1, 0.15) is 58.6 Å². The maximum Gasteiger partial charge on any atom is 0.137 e. The second-order valence-electron chi connectivity index (χ2n) is 6.28. The molecular weight excluding hydrogens is 305 g/mol. The van der Waals surface area contributed by atoms with Crippen LogP contribution in [0.2, 0.25) is 0 Å². The summed E-state index contributed by atoms with van der Waals surface area (Å²) in [5.41, 5.74) is 1.35. The first-order chi connectivity index (χ1) is 8.83. The van der Waals surface area contributed by atoms with Crippen LogP contribution in [0.15, 0.2) is 22.7 Å². The average molecular weight is 330 g/mol. The molecule has 19 heavy (non-hydrogen) atoms. The van der Waals surface area contributed by atoms with E-state index in [0.29, 0.717) is 9.89 Å². The van der Waals surface area contributed by atoms with Crippen molar-refractivity contribution >= 4 is 15.9 Å². The number of nitrogens with one attached hydrogen (secondary N) is 1. The molecule has 1 unspecified atom stereocenters. The SMILES string of the molecule is CCCNC(CCC(C)(C)C)c1ccc(Br)c(F)c1. The van der Waals surface area contributed by atoms with E-state index in [1.807, 2.05) is 6.07 Å². The number of rotatable bonds is 6. The largest absolute Gasteiger partial charge is 0.310 e. The van der Waals surface area contributed by atoms with Gasteiger partial charge in [0.05, 0.1) is 4.47 Å². The first-order valence-corrected chi connectivity index (χ1v) is 7.81. The lowest BCUT2D eigenvalue weighted by molar-refractivity contribution is 0.332. The first-order valence-electron chi connectivity index (χ1n) is 7.02. The van der Waals surface area contributed by atoms with E-state index in [4.69, 9.17) is 0 Å². The molecule has 0 amide bonds. The Morgan fingerprint density at radius 2 is 2.00 bits per heavy atom. The molecule has 0 aromatic heterocycles. The molecule has 3 heteroatoms. The minimum Gasteiger partial charge on any atom is -0.310 e. The van der Waals surface area contributed by atoms with Crippen molar-refractivity contribution in [1.82, 2.24) is 5.32 Å². The van der Waals surface area contributed by atoms with Gasteiger partial charge in [0, 0.05) is 6.04 Å². The Kier molecular flexibility index (Phi) is 6.48. The molecule has 1 atom stereocenters. The first kappa shape index (κ1) is 16.6. The molecule has 108 valence electrons. The Balaban J connectivity index is 2.79. The van der Waals surface area contributed by atoms with E-state index >= 15 is 0 Å². The lowest BCUT2D eigenvalue weighted by Gasteiger charge is -2.24. The molecule has 0 radical (unpaired) electrons. The van der Waals surface area contributed by atoms with Crippen LogP contribution in [-0.2, 0) is 0 Å². The van der Waals surface area contributed by atoms with Crippen molar-refractivity contribution < 1.29 is 4.39 Å². The highest BCUT2D eigenvalue weighted by molar-refractivity contribution is 9.10. The van der Waals surface area contributed by atoms with Crippen molar-refractivity contribution in [3.8, 4) is 0 Å². The zero-order chi connectivity index (χ0) is 14.5. The summed E-state index contributed by atoms with van der Waals surface area (Å²) in [6.07, 6.45) is 3.24. The van der Waals surface area contributed by atoms with Crippen molar-refractivity contribution in [2.45, 2.75) is 53.0 Å². The Morgan fingerprint density at radius 3 is 2.53 bits per heavy atom. The van der Waals surface area contributed by atoms with Crippen molar-refractivity contribution in [3.05, 3.63) is 34.1 Å². The third kappa shape index (κ3) is 6.05. The number of halogens is 2. The quantitative estimate of drug-likeness (QED) is 0.731. The third-order valence-corrected chi connectivity index (χ3v) is 3.81. The van der Waals surface area contributed by atoms with Crippen LogP contribution in [-0.4, -0.2) is 6.54 Å². The molecule has 1 aromatic carbocycles.